The van der Waals surface area contributed by atoms with Crippen LogP contribution in [0.2, 0.25) is 0 Å². The molecule has 14 heteroatoms. The lowest BCUT2D eigenvalue weighted by molar-refractivity contribution is -0.143. The Balaban J connectivity index is 3.95. The van der Waals surface area contributed by atoms with Crippen LogP contribution in [0.5, 0.6) is 0 Å². The second kappa shape index (κ2) is 22.6. The predicted octanol–water partition coefficient (Wildman–Crippen LogP) is 0.871. The number of nitrogens with one attached hydrogen (secondary N) is 2. The molecular formula is C30H44N2O12. The minimum atomic E-state index is -1.09. The van der Waals surface area contributed by atoms with Crippen LogP contribution in [0.1, 0.15) is 79.1 Å². The Morgan fingerprint density at radius 2 is 0.909 bits per heavy atom. The summed E-state index contributed by atoms with van der Waals surface area (Å²) in [5.41, 5.74) is 0. The van der Waals surface area contributed by atoms with Crippen LogP contribution >= 0.6 is 0 Å². The summed E-state index contributed by atoms with van der Waals surface area (Å²) in [7, 11) is 0. The van der Waals surface area contributed by atoms with Crippen LogP contribution in [-0.2, 0) is 47.8 Å². The average molecular weight is 625 g/mol. The number of aliphatic carboxylic acids is 2. The molecule has 0 saturated carbocycles. The van der Waals surface area contributed by atoms with Crippen molar-refractivity contribution in [2.75, 3.05) is 26.4 Å². The maximum atomic E-state index is 11.9. The zero-order valence-electron chi connectivity index (χ0n) is 25.8. The topological polar surface area (TPSA) is 220 Å². The number of ketones is 4. The molecule has 4 unspecified atom stereocenters. The highest BCUT2D eigenvalue weighted by atomic mass is 16.5. The Hall–Kier alpha value is -3.96. The van der Waals surface area contributed by atoms with Crippen molar-refractivity contribution in [1.82, 2.24) is 10.6 Å². The summed E-state index contributed by atoms with van der Waals surface area (Å²) in [6.45, 7) is 6.29. The first-order chi connectivity index (χ1) is 20.6. The molecule has 0 aromatic rings. The highest BCUT2D eigenvalue weighted by molar-refractivity contribution is 6.04. The van der Waals surface area contributed by atoms with Gasteiger partial charge in [0.1, 0.15) is 0 Å². The van der Waals surface area contributed by atoms with Gasteiger partial charge >= 0.3 is 11.9 Å². The van der Waals surface area contributed by atoms with Crippen LogP contribution in [0.4, 0.5) is 0 Å². The Labute approximate surface area is 257 Å². The molecule has 0 radical (unpaired) electrons. The monoisotopic (exact) mass is 624 g/mol. The number of hydrogen-bond donors (Lipinski definition) is 4. The minimum absolute atomic E-state index is 0.0128. The number of ether oxygens (including phenoxy) is 2. The fourth-order valence-electron chi connectivity index (χ4n) is 3.39. The molecule has 0 saturated heterocycles. The molecule has 4 atom stereocenters. The number of rotatable bonds is 24. The Morgan fingerprint density at radius 3 is 1.23 bits per heavy atom. The van der Waals surface area contributed by atoms with Crippen molar-refractivity contribution in [1.29, 1.82) is 0 Å². The normalized spacial score (nSPS) is 13.3. The van der Waals surface area contributed by atoms with Gasteiger partial charge in [0.2, 0.25) is 23.4 Å². The summed E-state index contributed by atoms with van der Waals surface area (Å²) in [6.07, 6.45) is 0.404. The molecule has 44 heavy (non-hydrogen) atoms. The maximum Gasteiger partial charge on any atom is 0.306 e. The van der Waals surface area contributed by atoms with E-state index in [1.54, 1.807) is 0 Å². The van der Waals surface area contributed by atoms with Gasteiger partial charge in [0.25, 0.3) is 0 Å². The first kappa shape index (κ1) is 40.0. The smallest absolute Gasteiger partial charge is 0.306 e. The molecule has 0 heterocycles. The van der Waals surface area contributed by atoms with E-state index in [0.29, 0.717) is 12.8 Å². The van der Waals surface area contributed by atoms with Gasteiger partial charge in [-0.1, -0.05) is 13.8 Å². The lowest BCUT2D eigenvalue weighted by Crippen LogP contribution is -2.39. The summed E-state index contributed by atoms with van der Waals surface area (Å²) in [4.78, 5) is 93.1. The predicted molar refractivity (Wildman–Crippen MR) is 155 cm³/mol. The number of carboxylic acid groups (broad SMARTS) is 2. The van der Waals surface area contributed by atoms with Crippen LogP contribution in [-0.4, -0.2) is 95.6 Å². The quantitative estimate of drug-likeness (QED) is 0.0668. The van der Waals surface area contributed by atoms with E-state index in [1.807, 2.05) is 0 Å². The third-order valence-electron chi connectivity index (χ3n) is 6.25. The van der Waals surface area contributed by atoms with Gasteiger partial charge in [-0.3, -0.25) is 38.4 Å². The lowest BCUT2D eigenvalue weighted by atomic mass is 10.0. The van der Waals surface area contributed by atoms with E-state index in [4.69, 9.17) is 19.7 Å². The molecule has 2 amide bonds. The molecule has 0 aromatic carbocycles. The molecule has 0 aromatic heterocycles. The molecule has 14 nitrogen and oxygen atoms in total. The Bertz CT molecular complexity index is 1010. The van der Waals surface area contributed by atoms with Gasteiger partial charge in [-0.25, -0.2) is 0 Å². The second-order valence-corrected chi connectivity index (χ2v) is 10.4. The third-order valence-corrected chi connectivity index (χ3v) is 6.25. The van der Waals surface area contributed by atoms with Gasteiger partial charge in [-0.2, -0.15) is 0 Å². The SMILES string of the molecule is CC(CC(=O)C(C)NC(=O)CCOCCCC(=O)C#CC(=O)CCCOCCC(=O)NC(C)C(=O)CC(C)C(=O)O)C(=O)O. The summed E-state index contributed by atoms with van der Waals surface area (Å²) in [5.74, 6) is -1.78. The molecule has 246 valence electrons. The zero-order chi connectivity index (χ0) is 33.7. The summed E-state index contributed by atoms with van der Waals surface area (Å²) in [6, 6.07) is -1.63. The summed E-state index contributed by atoms with van der Waals surface area (Å²) >= 11 is 0. The van der Waals surface area contributed by atoms with Crippen molar-refractivity contribution >= 4 is 46.9 Å². The molecule has 0 spiro atoms. The van der Waals surface area contributed by atoms with Crippen molar-refractivity contribution in [2.45, 2.75) is 91.1 Å². The van der Waals surface area contributed by atoms with Crippen LogP contribution in [0.15, 0.2) is 0 Å². The number of hydrogen-bond acceptors (Lipinski definition) is 10. The van der Waals surface area contributed by atoms with E-state index in [2.05, 4.69) is 22.5 Å². The van der Waals surface area contributed by atoms with Crippen LogP contribution < -0.4 is 10.6 Å². The zero-order valence-corrected chi connectivity index (χ0v) is 25.8. The van der Waals surface area contributed by atoms with E-state index in [-0.39, 0.29) is 76.5 Å². The fraction of sp³-hybridized carbons (Fsp3) is 0.667. The van der Waals surface area contributed by atoms with Gasteiger partial charge < -0.3 is 30.3 Å². The maximum absolute atomic E-state index is 11.9. The Morgan fingerprint density at radius 1 is 0.568 bits per heavy atom. The standard InChI is InChI=1S/C30H44N2O12/c1-19(29(39)40)17-25(35)21(3)31-27(37)11-15-43-13-5-7-23(33)9-10-24(34)8-6-14-44-16-12-28(38)32-22(4)26(36)18-20(2)30(41)42/h19-22H,5-8,11-18H2,1-4H3,(H,31,37)(H,32,38)(H,39,40)(H,41,42). The molecule has 0 aliphatic carbocycles. The summed E-state index contributed by atoms with van der Waals surface area (Å²) in [5, 5.41) is 22.7. The first-order valence-electron chi connectivity index (χ1n) is 14.5. The molecule has 4 N–H and O–H groups in total. The molecule has 0 aliphatic rings. The first-order valence-corrected chi connectivity index (χ1v) is 14.5. The van der Waals surface area contributed by atoms with Crippen molar-refractivity contribution in [2.24, 2.45) is 11.8 Å². The number of carboxylic acids is 2. The highest BCUT2D eigenvalue weighted by Gasteiger charge is 2.22. The average Bonchev–Trinajstić information content (AvgIpc) is 2.94. The van der Waals surface area contributed by atoms with Gasteiger partial charge in [0, 0.05) is 51.7 Å². The largest absolute Gasteiger partial charge is 0.481 e. The van der Waals surface area contributed by atoms with Crippen LogP contribution in [0.3, 0.4) is 0 Å². The highest BCUT2D eigenvalue weighted by Crippen LogP contribution is 2.06. The summed E-state index contributed by atoms with van der Waals surface area (Å²) < 4.78 is 10.6. The molecule has 0 rings (SSSR count). The van der Waals surface area contributed by atoms with Gasteiger partial charge in [0.05, 0.1) is 37.1 Å². The van der Waals surface area contributed by atoms with E-state index >= 15 is 0 Å². The van der Waals surface area contributed by atoms with E-state index in [9.17, 15) is 38.4 Å². The van der Waals surface area contributed by atoms with Crippen LogP contribution in [0, 0.1) is 23.7 Å². The second-order valence-electron chi connectivity index (χ2n) is 10.4. The minimum Gasteiger partial charge on any atom is -0.481 e. The molecule has 0 fully saturated rings. The van der Waals surface area contributed by atoms with E-state index in [0.717, 1.165) is 0 Å². The molecule has 0 aliphatic heterocycles. The van der Waals surface area contributed by atoms with E-state index < -0.39 is 59.2 Å². The number of carbonyl (C=O) groups is 8. The van der Waals surface area contributed by atoms with Crippen molar-refractivity contribution in [3.05, 3.63) is 0 Å². The van der Waals surface area contributed by atoms with Crippen molar-refractivity contribution in [3.63, 3.8) is 0 Å². The van der Waals surface area contributed by atoms with Crippen molar-refractivity contribution in [3.8, 4) is 11.8 Å². The van der Waals surface area contributed by atoms with Gasteiger partial charge in [-0.05, 0) is 38.5 Å². The van der Waals surface area contributed by atoms with Gasteiger partial charge in [-0.15, -0.1) is 0 Å². The molecule has 0 bridgehead atoms. The fourth-order valence-corrected chi connectivity index (χ4v) is 3.39. The number of Topliss-reactive ketones (excluding diaryl/α,β-unsaturated/α-hetero) is 4. The number of carbonyl (C=O) groups excluding carboxylic acids is 6. The number of amides is 2. The van der Waals surface area contributed by atoms with E-state index in [1.165, 1.54) is 27.7 Å². The lowest BCUT2D eigenvalue weighted by Gasteiger charge is -2.14. The third kappa shape index (κ3) is 20.0. The molecular weight excluding hydrogens is 580 g/mol. The Kier molecular flexibility index (Phi) is 20.5. The van der Waals surface area contributed by atoms with Crippen molar-refractivity contribution < 1.29 is 58.0 Å². The van der Waals surface area contributed by atoms with Gasteiger partial charge in [0.15, 0.2) is 11.6 Å². The van der Waals surface area contributed by atoms with Crippen LogP contribution in [0.25, 0.3) is 0 Å².